The molecule has 0 aliphatic carbocycles. The van der Waals surface area contributed by atoms with Crippen molar-refractivity contribution in [2.24, 2.45) is 11.1 Å². The Labute approximate surface area is 115 Å². The third-order valence-electron chi connectivity index (χ3n) is 4.03. The van der Waals surface area contributed by atoms with Gasteiger partial charge in [-0.1, -0.05) is 32.9 Å². The monoisotopic (exact) mass is 265 g/mol. The maximum Gasteiger partial charge on any atom is 0.126 e. The van der Waals surface area contributed by atoms with E-state index in [4.69, 9.17) is 10.5 Å². The molecule has 0 saturated carbocycles. The Morgan fingerprint density at radius 1 is 1.32 bits per heavy atom. The van der Waals surface area contributed by atoms with E-state index < -0.39 is 0 Å². The van der Waals surface area contributed by atoms with Gasteiger partial charge in [-0.05, 0) is 35.4 Å². The van der Waals surface area contributed by atoms with Gasteiger partial charge in [0.05, 0.1) is 13.2 Å². The largest absolute Gasteiger partial charge is 0.380 e. The summed E-state index contributed by atoms with van der Waals surface area (Å²) >= 11 is 0. The molecule has 0 bridgehead atoms. The predicted octanol–water partition coefficient (Wildman–Crippen LogP) is 3.03. The van der Waals surface area contributed by atoms with Crippen LogP contribution >= 0.6 is 0 Å². The van der Waals surface area contributed by atoms with Crippen LogP contribution in [0.2, 0.25) is 0 Å². The average Bonchev–Trinajstić information content (AvgIpc) is 2.28. The van der Waals surface area contributed by atoms with Crippen LogP contribution in [0.25, 0.3) is 0 Å². The zero-order valence-electron chi connectivity index (χ0n) is 12.1. The van der Waals surface area contributed by atoms with E-state index in [9.17, 15) is 4.39 Å². The van der Waals surface area contributed by atoms with E-state index in [1.54, 1.807) is 6.07 Å². The van der Waals surface area contributed by atoms with E-state index in [-0.39, 0.29) is 16.6 Å². The number of ether oxygens (including phenoxy) is 1. The molecule has 1 aromatic rings. The Kier molecular flexibility index (Phi) is 3.98. The highest BCUT2D eigenvalue weighted by atomic mass is 19.1. The van der Waals surface area contributed by atoms with E-state index in [1.807, 2.05) is 32.9 Å². The zero-order valence-corrected chi connectivity index (χ0v) is 12.1. The molecule has 0 amide bonds. The fourth-order valence-electron chi connectivity index (χ4n) is 2.47. The quantitative estimate of drug-likeness (QED) is 0.908. The molecule has 1 fully saturated rings. The van der Waals surface area contributed by atoms with E-state index in [1.165, 1.54) is 5.56 Å². The number of aryl methyl sites for hydroxylation is 1. The fraction of sp³-hybridized carbons (Fsp3) is 0.625. The van der Waals surface area contributed by atoms with Crippen molar-refractivity contribution in [3.63, 3.8) is 0 Å². The normalized spacial score (nSPS) is 18.2. The van der Waals surface area contributed by atoms with Gasteiger partial charge in [-0.2, -0.15) is 0 Å². The Bertz CT molecular complexity index is 441. The van der Waals surface area contributed by atoms with E-state index in [2.05, 4.69) is 0 Å². The molecule has 2 rings (SSSR count). The van der Waals surface area contributed by atoms with Gasteiger partial charge in [0, 0.05) is 12.0 Å². The van der Waals surface area contributed by atoms with Crippen molar-refractivity contribution in [1.82, 2.24) is 0 Å². The summed E-state index contributed by atoms with van der Waals surface area (Å²) in [5.74, 6) is -0.114. The van der Waals surface area contributed by atoms with Gasteiger partial charge in [0.15, 0.2) is 0 Å². The van der Waals surface area contributed by atoms with Crippen molar-refractivity contribution in [1.29, 1.82) is 0 Å². The highest BCUT2D eigenvalue weighted by Gasteiger charge is 2.36. The first-order chi connectivity index (χ1) is 8.86. The molecular weight excluding hydrogens is 241 g/mol. The van der Waals surface area contributed by atoms with Gasteiger partial charge in [-0.3, -0.25) is 0 Å². The summed E-state index contributed by atoms with van der Waals surface area (Å²) in [5, 5.41) is 0. The van der Waals surface area contributed by atoms with Crippen LogP contribution in [0.5, 0.6) is 0 Å². The van der Waals surface area contributed by atoms with Crippen LogP contribution < -0.4 is 5.73 Å². The molecular formula is C16H24FNO. The van der Waals surface area contributed by atoms with Crippen molar-refractivity contribution in [2.45, 2.75) is 39.0 Å². The van der Waals surface area contributed by atoms with Crippen LogP contribution in [0.3, 0.4) is 0 Å². The average molecular weight is 265 g/mol. The summed E-state index contributed by atoms with van der Waals surface area (Å²) in [6.07, 6.45) is 1.95. The standard InChI is InChI=1S/C16H24FNO/c1-15(2,3)13-8-12(4-5-14(13)17)6-7-16(9-18)10-19-11-16/h4-5,8H,6-7,9-11,18H2,1-3H3. The van der Waals surface area contributed by atoms with Gasteiger partial charge in [-0.15, -0.1) is 0 Å². The van der Waals surface area contributed by atoms with E-state index in [0.29, 0.717) is 6.54 Å². The molecule has 0 aromatic heterocycles. The van der Waals surface area contributed by atoms with Crippen molar-refractivity contribution < 1.29 is 9.13 Å². The number of halogens is 1. The molecule has 0 spiro atoms. The molecule has 1 aromatic carbocycles. The minimum absolute atomic E-state index is 0.114. The van der Waals surface area contributed by atoms with E-state index in [0.717, 1.165) is 31.6 Å². The summed E-state index contributed by atoms with van der Waals surface area (Å²) in [6.45, 7) is 8.30. The van der Waals surface area contributed by atoms with Crippen molar-refractivity contribution in [3.05, 3.63) is 35.1 Å². The zero-order chi connectivity index (χ0) is 14.1. The third-order valence-corrected chi connectivity index (χ3v) is 4.03. The molecule has 0 radical (unpaired) electrons. The lowest BCUT2D eigenvalue weighted by Crippen LogP contribution is -2.48. The van der Waals surface area contributed by atoms with Crippen LogP contribution in [0.1, 0.15) is 38.3 Å². The lowest BCUT2D eigenvalue weighted by molar-refractivity contribution is -0.111. The first-order valence-electron chi connectivity index (χ1n) is 6.93. The lowest BCUT2D eigenvalue weighted by Gasteiger charge is -2.40. The van der Waals surface area contributed by atoms with Gasteiger partial charge in [0.2, 0.25) is 0 Å². The van der Waals surface area contributed by atoms with Crippen LogP contribution in [0, 0.1) is 11.2 Å². The second-order valence-electron chi connectivity index (χ2n) is 6.76. The van der Waals surface area contributed by atoms with Crippen LogP contribution in [-0.2, 0) is 16.6 Å². The smallest absolute Gasteiger partial charge is 0.126 e. The fourth-order valence-corrected chi connectivity index (χ4v) is 2.47. The summed E-state index contributed by atoms with van der Waals surface area (Å²) in [6, 6.07) is 5.47. The molecule has 0 unspecified atom stereocenters. The Hall–Kier alpha value is -0.930. The van der Waals surface area contributed by atoms with Gasteiger partial charge in [0.1, 0.15) is 5.82 Å². The summed E-state index contributed by atoms with van der Waals surface area (Å²) < 4.78 is 19.1. The van der Waals surface area contributed by atoms with Crippen molar-refractivity contribution >= 4 is 0 Å². The molecule has 19 heavy (non-hydrogen) atoms. The molecule has 2 nitrogen and oxygen atoms in total. The summed E-state index contributed by atoms with van der Waals surface area (Å²) in [7, 11) is 0. The molecule has 3 heteroatoms. The lowest BCUT2D eigenvalue weighted by atomic mass is 9.79. The topological polar surface area (TPSA) is 35.2 Å². The van der Waals surface area contributed by atoms with Crippen LogP contribution in [0.4, 0.5) is 4.39 Å². The van der Waals surface area contributed by atoms with Gasteiger partial charge in [-0.25, -0.2) is 4.39 Å². The number of nitrogens with two attached hydrogens (primary N) is 1. The summed E-state index contributed by atoms with van der Waals surface area (Å²) in [5.41, 5.74) is 7.78. The Morgan fingerprint density at radius 3 is 2.47 bits per heavy atom. The second kappa shape index (κ2) is 5.22. The molecule has 1 heterocycles. The Morgan fingerprint density at radius 2 is 2.00 bits per heavy atom. The van der Waals surface area contributed by atoms with Crippen LogP contribution in [-0.4, -0.2) is 19.8 Å². The van der Waals surface area contributed by atoms with E-state index >= 15 is 0 Å². The number of hydrogen-bond donors (Lipinski definition) is 1. The minimum atomic E-state index is -0.161. The first kappa shape index (κ1) is 14.5. The minimum Gasteiger partial charge on any atom is -0.380 e. The number of hydrogen-bond acceptors (Lipinski definition) is 2. The Balaban J connectivity index is 2.09. The van der Waals surface area contributed by atoms with Crippen LogP contribution in [0.15, 0.2) is 18.2 Å². The predicted molar refractivity (Wildman–Crippen MR) is 75.7 cm³/mol. The maximum atomic E-state index is 13.8. The van der Waals surface area contributed by atoms with Gasteiger partial charge < -0.3 is 10.5 Å². The highest BCUT2D eigenvalue weighted by Crippen LogP contribution is 2.32. The highest BCUT2D eigenvalue weighted by molar-refractivity contribution is 5.30. The maximum absolute atomic E-state index is 13.8. The van der Waals surface area contributed by atoms with Gasteiger partial charge in [0.25, 0.3) is 0 Å². The molecule has 106 valence electrons. The SMILES string of the molecule is CC(C)(C)c1cc(CCC2(CN)COC2)ccc1F. The van der Waals surface area contributed by atoms with Gasteiger partial charge >= 0.3 is 0 Å². The first-order valence-corrected chi connectivity index (χ1v) is 6.93. The number of benzene rings is 1. The third kappa shape index (κ3) is 3.15. The molecule has 2 N–H and O–H groups in total. The molecule has 1 aliphatic rings. The van der Waals surface area contributed by atoms with Crippen molar-refractivity contribution in [2.75, 3.05) is 19.8 Å². The summed E-state index contributed by atoms with van der Waals surface area (Å²) in [4.78, 5) is 0. The van der Waals surface area contributed by atoms with Crippen molar-refractivity contribution in [3.8, 4) is 0 Å². The number of rotatable bonds is 4. The molecule has 1 saturated heterocycles. The molecule has 1 aliphatic heterocycles. The molecule has 0 atom stereocenters. The second-order valence-corrected chi connectivity index (χ2v) is 6.76.